The molecule has 5 nitrogen and oxygen atoms in total. The summed E-state index contributed by atoms with van der Waals surface area (Å²) in [5.41, 5.74) is 4.67. The van der Waals surface area contributed by atoms with E-state index in [-0.39, 0.29) is 11.7 Å². The Morgan fingerprint density at radius 3 is 2.70 bits per heavy atom. The number of rotatable bonds is 5. The minimum absolute atomic E-state index is 0.0731. The molecular weight excluding hydrogens is 394 g/mol. The van der Waals surface area contributed by atoms with Gasteiger partial charge in [-0.1, -0.05) is 30.3 Å². The molecule has 0 bridgehead atoms. The molecule has 1 unspecified atom stereocenters. The van der Waals surface area contributed by atoms with E-state index in [9.17, 15) is 4.79 Å². The van der Waals surface area contributed by atoms with E-state index in [1.165, 1.54) is 0 Å². The Hall–Kier alpha value is -2.70. The number of anilines is 1. The number of hydrogen-bond acceptors (Lipinski definition) is 3. The van der Waals surface area contributed by atoms with Gasteiger partial charge >= 0.3 is 0 Å². The van der Waals surface area contributed by atoms with E-state index in [1.54, 1.807) is 0 Å². The predicted molar refractivity (Wildman–Crippen MR) is 126 cm³/mol. The standard InChI is InChI=1S/C24H27N3O2S/c1-16-10-11-17(2)22-21(16)13-18(23(28)26-22)14-27(15-20-9-6-12-29-20)24(30)25-19-7-4-3-5-8-19/h3-5,7-8,10-11,13,20H,6,9,12,14-15H2,1-2H3,(H,25,30)(H,26,28). The summed E-state index contributed by atoms with van der Waals surface area (Å²) in [7, 11) is 0. The van der Waals surface area contributed by atoms with Gasteiger partial charge in [0.05, 0.1) is 18.2 Å². The first-order valence-electron chi connectivity index (χ1n) is 10.4. The van der Waals surface area contributed by atoms with Crippen molar-refractivity contribution in [1.29, 1.82) is 0 Å². The van der Waals surface area contributed by atoms with E-state index in [2.05, 4.69) is 23.3 Å². The molecular formula is C24H27N3O2S. The van der Waals surface area contributed by atoms with E-state index in [0.717, 1.165) is 47.2 Å². The fourth-order valence-corrected chi connectivity index (χ4v) is 4.18. The highest BCUT2D eigenvalue weighted by Crippen LogP contribution is 2.21. The van der Waals surface area contributed by atoms with E-state index < -0.39 is 0 Å². The average molecular weight is 422 g/mol. The van der Waals surface area contributed by atoms with Gasteiger partial charge in [-0.2, -0.15) is 0 Å². The Balaban J connectivity index is 1.63. The van der Waals surface area contributed by atoms with Crippen LogP contribution in [0, 0.1) is 13.8 Å². The Kier molecular flexibility index (Phi) is 6.16. The van der Waals surface area contributed by atoms with Gasteiger partial charge in [-0.15, -0.1) is 0 Å². The lowest BCUT2D eigenvalue weighted by atomic mass is 10.0. The lowest BCUT2D eigenvalue weighted by Crippen LogP contribution is -2.40. The second-order valence-corrected chi connectivity index (χ2v) is 8.31. The maximum atomic E-state index is 12.9. The summed E-state index contributed by atoms with van der Waals surface area (Å²) < 4.78 is 5.84. The smallest absolute Gasteiger partial charge is 0.253 e. The van der Waals surface area contributed by atoms with Crippen molar-refractivity contribution in [2.45, 2.75) is 39.3 Å². The zero-order chi connectivity index (χ0) is 21.1. The van der Waals surface area contributed by atoms with Gasteiger partial charge in [0.1, 0.15) is 0 Å². The highest BCUT2D eigenvalue weighted by atomic mass is 32.1. The van der Waals surface area contributed by atoms with Crippen LogP contribution in [0.15, 0.2) is 53.3 Å². The molecule has 1 atom stereocenters. The molecule has 2 heterocycles. The Morgan fingerprint density at radius 2 is 1.97 bits per heavy atom. The lowest BCUT2D eigenvalue weighted by Gasteiger charge is -2.28. The Labute approximate surface area is 182 Å². The number of thiocarbonyl (C=S) groups is 1. The fraction of sp³-hybridized carbons (Fsp3) is 0.333. The summed E-state index contributed by atoms with van der Waals surface area (Å²) in [5.74, 6) is 0. The molecule has 2 aromatic carbocycles. The number of aromatic amines is 1. The van der Waals surface area contributed by atoms with Gasteiger partial charge in [-0.3, -0.25) is 4.79 Å². The fourth-order valence-electron chi connectivity index (χ4n) is 3.92. The first-order chi connectivity index (χ1) is 14.5. The number of pyridine rings is 1. The van der Waals surface area contributed by atoms with Crippen molar-refractivity contribution in [3.8, 4) is 0 Å². The molecule has 0 spiro atoms. The molecule has 0 aliphatic carbocycles. The monoisotopic (exact) mass is 421 g/mol. The molecule has 0 amide bonds. The van der Waals surface area contributed by atoms with Crippen LogP contribution in [-0.2, 0) is 11.3 Å². The maximum absolute atomic E-state index is 12.9. The number of hydrogen-bond donors (Lipinski definition) is 2. The number of H-pyrrole nitrogens is 1. The molecule has 0 radical (unpaired) electrons. The van der Waals surface area contributed by atoms with Crippen LogP contribution in [0.25, 0.3) is 10.9 Å². The minimum Gasteiger partial charge on any atom is -0.376 e. The number of aryl methyl sites for hydroxylation is 2. The lowest BCUT2D eigenvalue weighted by molar-refractivity contribution is 0.0904. The highest BCUT2D eigenvalue weighted by molar-refractivity contribution is 7.80. The van der Waals surface area contributed by atoms with Crippen molar-refractivity contribution in [2.24, 2.45) is 0 Å². The third kappa shape index (κ3) is 4.55. The molecule has 1 saturated heterocycles. The second kappa shape index (κ2) is 8.98. The molecule has 1 fully saturated rings. The zero-order valence-electron chi connectivity index (χ0n) is 17.4. The van der Waals surface area contributed by atoms with Crippen LogP contribution in [0.5, 0.6) is 0 Å². The van der Waals surface area contributed by atoms with Crippen molar-refractivity contribution in [2.75, 3.05) is 18.5 Å². The summed E-state index contributed by atoms with van der Waals surface area (Å²) >= 11 is 5.72. The van der Waals surface area contributed by atoms with Gasteiger partial charge < -0.3 is 19.9 Å². The topological polar surface area (TPSA) is 57.4 Å². The zero-order valence-corrected chi connectivity index (χ0v) is 18.2. The summed E-state index contributed by atoms with van der Waals surface area (Å²) in [6.07, 6.45) is 2.20. The molecule has 156 valence electrons. The van der Waals surface area contributed by atoms with Gasteiger partial charge in [0.15, 0.2) is 5.11 Å². The van der Waals surface area contributed by atoms with E-state index in [0.29, 0.717) is 23.8 Å². The Bertz CT molecular complexity index is 1100. The molecule has 6 heteroatoms. The van der Waals surface area contributed by atoms with Crippen molar-refractivity contribution in [1.82, 2.24) is 9.88 Å². The van der Waals surface area contributed by atoms with Gasteiger partial charge in [0.25, 0.3) is 5.56 Å². The Morgan fingerprint density at radius 1 is 1.20 bits per heavy atom. The first kappa shape index (κ1) is 20.6. The van der Waals surface area contributed by atoms with Crippen LogP contribution in [0.3, 0.4) is 0 Å². The van der Waals surface area contributed by atoms with E-state index >= 15 is 0 Å². The highest BCUT2D eigenvalue weighted by Gasteiger charge is 2.22. The van der Waals surface area contributed by atoms with Gasteiger partial charge in [0.2, 0.25) is 0 Å². The van der Waals surface area contributed by atoms with Gasteiger partial charge in [-0.25, -0.2) is 0 Å². The number of nitrogens with zero attached hydrogens (tertiary/aromatic N) is 1. The summed E-state index contributed by atoms with van der Waals surface area (Å²) in [6.45, 7) is 5.95. The summed E-state index contributed by atoms with van der Waals surface area (Å²) in [4.78, 5) is 18.0. The first-order valence-corrected chi connectivity index (χ1v) is 10.8. The third-order valence-corrected chi connectivity index (χ3v) is 6.00. The van der Waals surface area contributed by atoms with Crippen molar-refractivity contribution in [3.63, 3.8) is 0 Å². The van der Waals surface area contributed by atoms with Crippen LogP contribution in [0.1, 0.15) is 29.5 Å². The van der Waals surface area contributed by atoms with Crippen LogP contribution >= 0.6 is 12.2 Å². The van der Waals surface area contributed by atoms with Crippen molar-refractivity contribution < 1.29 is 4.74 Å². The van der Waals surface area contributed by atoms with Crippen molar-refractivity contribution in [3.05, 3.63) is 75.6 Å². The average Bonchev–Trinajstić information content (AvgIpc) is 3.25. The van der Waals surface area contributed by atoms with E-state index in [1.807, 2.05) is 54.3 Å². The van der Waals surface area contributed by atoms with Crippen LogP contribution in [0.2, 0.25) is 0 Å². The molecule has 0 saturated carbocycles. The normalized spacial score (nSPS) is 16.0. The number of benzene rings is 2. The molecule has 3 aromatic rings. The number of para-hydroxylation sites is 1. The summed E-state index contributed by atoms with van der Waals surface area (Å²) in [5, 5.41) is 4.97. The van der Waals surface area contributed by atoms with Crippen molar-refractivity contribution >= 4 is 33.9 Å². The van der Waals surface area contributed by atoms with Gasteiger partial charge in [-0.05, 0) is 68.2 Å². The molecule has 30 heavy (non-hydrogen) atoms. The van der Waals surface area contributed by atoms with Gasteiger partial charge in [0, 0.05) is 29.8 Å². The van der Waals surface area contributed by atoms with Crippen LogP contribution in [0.4, 0.5) is 5.69 Å². The molecule has 1 aliphatic heterocycles. The number of aromatic nitrogens is 1. The number of nitrogens with one attached hydrogen (secondary N) is 2. The largest absolute Gasteiger partial charge is 0.376 e. The molecule has 2 N–H and O–H groups in total. The summed E-state index contributed by atoms with van der Waals surface area (Å²) in [6, 6.07) is 16.0. The molecule has 1 aliphatic rings. The number of ether oxygens (including phenoxy) is 1. The van der Waals surface area contributed by atoms with E-state index in [4.69, 9.17) is 17.0 Å². The van der Waals surface area contributed by atoms with Crippen LogP contribution in [-0.4, -0.2) is 34.3 Å². The SMILES string of the molecule is Cc1ccc(C)c2[nH]c(=O)c(CN(CC3CCCO3)C(=S)Nc3ccccc3)cc12. The molecule has 4 rings (SSSR count). The number of fused-ring (bicyclic) bond motifs is 1. The predicted octanol–water partition coefficient (Wildman–Crippen LogP) is 4.52. The minimum atomic E-state index is -0.0731. The molecule has 1 aromatic heterocycles. The quantitative estimate of drug-likeness (QED) is 0.593. The second-order valence-electron chi connectivity index (χ2n) is 7.92. The third-order valence-electron chi connectivity index (χ3n) is 5.64. The maximum Gasteiger partial charge on any atom is 0.253 e. The van der Waals surface area contributed by atoms with Crippen LogP contribution < -0.4 is 10.9 Å².